The van der Waals surface area contributed by atoms with Gasteiger partial charge in [0.25, 0.3) is 0 Å². The number of carbonyl (C=O) groups is 1. The summed E-state index contributed by atoms with van der Waals surface area (Å²) in [6.07, 6.45) is 6.24. The van der Waals surface area contributed by atoms with Crippen LogP contribution >= 0.6 is 11.6 Å². The molecule has 0 atom stereocenters. The molecule has 1 amide bonds. The van der Waals surface area contributed by atoms with Crippen molar-refractivity contribution in [3.63, 3.8) is 0 Å². The summed E-state index contributed by atoms with van der Waals surface area (Å²) in [6, 6.07) is 17.2. The highest BCUT2D eigenvalue weighted by Gasteiger charge is 2.12. The zero-order chi connectivity index (χ0) is 23.0. The predicted molar refractivity (Wildman–Crippen MR) is 127 cm³/mol. The van der Waals surface area contributed by atoms with Gasteiger partial charge in [0.05, 0.1) is 18.8 Å². The topological polar surface area (TPSA) is 86.9 Å². The third-order valence-electron chi connectivity index (χ3n) is 4.84. The van der Waals surface area contributed by atoms with Crippen molar-refractivity contribution in [2.24, 2.45) is 0 Å². The molecule has 0 bridgehead atoms. The van der Waals surface area contributed by atoms with Gasteiger partial charge in [0.15, 0.2) is 0 Å². The van der Waals surface area contributed by atoms with Gasteiger partial charge in [-0.1, -0.05) is 48.0 Å². The lowest BCUT2D eigenvalue weighted by Gasteiger charge is -2.08. The van der Waals surface area contributed by atoms with Crippen LogP contribution in [0.4, 0.5) is 5.69 Å². The summed E-state index contributed by atoms with van der Waals surface area (Å²) in [5.74, 6) is 0.374. The maximum absolute atomic E-state index is 12.5. The number of hydrogen-bond donors (Lipinski definition) is 1. The molecular weight excluding hydrogens is 440 g/mol. The third kappa shape index (κ3) is 6.08. The number of hydrogen-bond acceptors (Lipinski definition) is 5. The monoisotopic (exact) mass is 462 g/mol. The summed E-state index contributed by atoms with van der Waals surface area (Å²) in [4.78, 5) is 16.4. The summed E-state index contributed by atoms with van der Waals surface area (Å²) in [5.41, 5.74) is 3.19. The largest absolute Gasteiger partial charge is 0.492 e. The number of rotatable bonds is 9. The number of ether oxygens (including phenoxy) is 1. The highest BCUT2D eigenvalue weighted by atomic mass is 35.5. The van der Waals surface area contributed by atoms with Gasteiger partial charge in [-0.05, 0) is 30.7 Å². The van der Waals surface area contributed by atoms with E-state index in [2.05, 4.69) is 20.5 Å². The second-order valence-electron chi connectivity index (χ2n) is 7.29. The van der Waals surface area contributed by atoms with Crippen molar-refractivity contribution in [2.45, 2.75) is 20.0 Å². The minimum atomic E-state index is -0.277. The number of benzene rings is 2. The zero-order valence-corrected chi connectivity index (χ0v) is 18.8. The van der Waals surface area contributed by atoms with Crippen molar-refractivity contribution >= 4 is 29.3 Å². The van der Waals surface area contributed by atoms with Gasteiger partial charge >= 0.3 is 0 Å². The van der Waals surface area contributed by atoms with Crippen LogP contribution in [0.5, 0.6) is 5.75 Å². The van der Waals surface area contributed by atoms with Crippen molar-refractivity contribution in [1.29, 1.82) is 0 Å². The first kappa shape index (κ1) is 22.3. The molecule has 0 unspecified atom stereocenters. The molecule has 0 aliphatic rings. The average Bonchev–Trinajstić information content (AvgIpc) is 3.42. The number of aromatic nitrogens is 5. The van der Waals surface area contributed by atoms with Crippen LogP contribution in [-0.4, -0.2) is 37.1 Å². The number of halogens is 1. The molecule has 0 saturated carbocycles. The Morgan fingerprint density at radius 2 is 2.03 bits per heavy atom. The van der Waals surface area contributed by atoms with Crippen LogP contribution in [0.3, 0.4) is 0 Å². The van der Waals surface area contributed by atoms with Crippen LogP contribution in [0.25, 0.3) is 6.08 Å². The standard InChI is InChI=1S/C24H23ClN6O2/c1-18-22(24(25)31(29-18)15-19-6-3-2-4-7-19)10-11-23(32)28-20-8-5-9-21(14-20)33-13-12-30-17-26-16-27-30/h2-11,14,16-17H,12-13,15H2,1H3,(H,28,32). The molecule has 2 aromatic carbocycles. The Morgan fingerprint density at radius 3 is 2.82 bits per heavy atom. The number of nitrogens with zero attached hydrogens (tertiary/aromatic N) is 5. The van der Waals surface area contributed by atoms with Gasteiger partial charge in [0.1, 0.15) is 30.2 Å². The first-order valence-corrected chi connectivity index (χ1v) is 10.8. The molecule has 0 fully saturated rings. The third-order valence-corrected chi connectivity index (χ3v) is 5.24. The summed E-state index contributed by atoms with van der Waals surface area (Å²) < 4.78 is 9.14. The molecule has 2 aromatic heterocycles. The van der Waals surface area contributed by atoms with Crippen molar-refractivity contribution in [3.8, 4) is 5.75 Å². The molecular formula is C24H23ClN6O2. The molecule has 4 aromatic rings. The molecule has 0 aliphatic heterocycles. The Bertz CT molecular complexity index is 1240. The van der Waals surface area contributed by atoms with Crippen molar-refractivity contribution in [2.75, 3.05) is 11.9 Å². The van der Waals surface area contributed by atoms with Gasteiger partial charge in [-0.25, -0.2) is 14.3 Å². The van der Waals surface area contributed by atoms with Crippen LogP contribution in [0.1, 0.15) is 16.8 Å². The SMILES string of the molecule is Cc1nn(Cc2ccccc2)c(Cl)c1C=CC(=O)Nc1cccc(OCCn2cncn2)c1. The molecule has 0 aliphatic carbocycles. The van der Waals surface area contributed by atoms with Gasteiger partial charge in [-0.2, -0.15) is 10.2 Å². The first-order chi connectivity index (χ1) is 16.1. The Morgan fingerprint density at radius 1 is 1.18 bits per heavy atom. The van der Waals surface area contributed by atoms with Crippen molar-refractivity contribution in [1.82, 2.24) is 24.5 Å². The van der Waals surface area contributed by atoms with Crippen LogP contribution in [-0.2, 0) is 17.9 Å². The van der Waals surface area contributed by atoms with Gasteiger partial charge in [-0.3, -0.25) is 4.79 Å². The van der Waals surface area contributed by atoms with Gasteiger partial charge < -0.3 is 10.1 Å². The van der Waals surface area contributed by atoms with E-state index >= 15 is 0 Å². The minimum absolute atomic E-state index is 0.277. The quantitative estimate of drug-likeness (QED) is 0.376. The fourth-order valence-electron chi connectivity index (χ4n) is 3.23. The Hall–Kier alpha value is -3.91. The Kier molecular flexibility index (Phi) is 7.16. The highest BCUT2D eigenvalue weighted by Crippen LogP contribution is 2.23. The van der Waals surface area contributed by atoms with Crippen LogP contribution in [0, 0.1) is 6.92 Å². The van der Waals surface area contributed by atoms with E-state index in [-0.39, 0.29) is 5.91 Å². The van der Waals surface area contributed by atoms with Gasteiger partial charge in [0, 0.05) is 23.4 Å². The second-order valence-corrected chi connectivity index (χ2v) is 7.65. The van der Waals surface area contributed by atoms with E-state index in [1.807, 2.05) is 49.4 Å². The first-order valence-electron chi connectivity index (χ1n) is 10.4. The molecule has 0 radical (unpaired) electrons. The smallest absolute Gasteiger partial charge is 0.248 e. The molecule has 9 heteroatoms. The number of amides is 1. The lowest BCUT2D eigenvalue weighted by atomic mass is 10.2. The Balaban J connectivity index is 1.35. The Labute approximate surface area is 196 Å². The van der Waals surface area contributed by atoms with Gasteiger partial charge in [0.2, 0.25) is 5.91 Å². The lowest BCUT2D eigenvalue weighted by Crippen LogP contribution is -2.10. The van der Waals surface area contributed by atoms with Crippen LogP contribution < -0.4 is 10.1 Å². The maximum Gasteiger partial charge on any atom is 0.248 e. The van der Waals surface area contributed by atoms with E-state index in [0.29, 0.717) is 41.8 Å². The normalized spacial score (nSPS) is 11.1. The minimum Gasteiger partial charge on any atom is -0.492 e. The van der Waals surface area contributed by atoms with Crippen molar-refractivity contribution in [3.05, 3.63) is 95.3 Å². The van der Waals surface area contributed by atoms with E-state index < -0.39 is 0 Å². The molecule has 2 heterocycles. The number of anilines is 1. The average molecular weight is 463 g/mol. The van der Waals surface area contributed by atoms with Crippen LogP contribution in [0.2, 0.25) is 5.15 Å². The van der Waals surface area contributed by atoms with Gasteiger partial charge in [-0.15, -0.1) is 0 Å². The number of nitrogens with one attached hydrogen (secondary N) is 1. The molecule has 8 nitrogen and oxygen atoms in total. The maximum atomic E-state index is 12.5. The molecule has 168 valence electrons. The predicted octanol–water partition coefficient (Wildman–Crippen LogP) is 4.22. The van der Waals surface area contributed by atoms with E-state index in [9.17, 15) is 4.79 Å². The second kappa shape index (κ2) is 10.6. The van der Waals surface area contributed by atoms with E-state index in [4.69, 9.17) is 16.3 Å². The molecule has 4 rings (SSSR count). The van der Waals surface area contributed by atoms with E-state index in [1.165, 1.54) is 12.4 Å². The lowest BCUT2D eigenvalue weighted by molar-refractivity contribution is -0.111. The van der Waals surface area contributed by atoms with E-state index in [1.54, 1.807) is 33.9 Å². The summed E-state index contributed by atoms with van der Waals surface area (Å²) >= 11 is 6.52. The van der Waals surface area contributed by atoms with Crippen LogP contribution in [0.15, 0.2) is 73.3 Å². The fourth-order valence-corrected chi connectivity index (χ4v) is 3.53. The fraction of sp³-hybridized carbons (Fsp3) is 0.167. The zero-order valence-electron chi connectivity index (χ0n) is 18.1. The molecule has 1 N–H and O–H groups in total. The molecule has 0 spiro atoms. The highest BCUT2D eigenvalue weighted by molar-refractivity contribution is 6.31. The van der Waals surface area contributed by atoms with Crippen molar-refractivity contribution < 1.29 is 9.53 Å². The summed E-state index contributed by atoms with van der Waals surface area (Å²) in [5, 5.41) is 11.9. The number of aryl methyl sites for hydroxylation is 1. The molecule has 33 heavy (non-hydrogen) atoms. The molecule has 0 saturated heterocycles. The number of carbonyl (C=O) groups excluding carboxylic acids is 1. The van der Waals surface area contributed by atoms with E-state index in [0.717, 1.165) is 11.3 Å². The summed E-state index contributed by atoms with van der Waals surface area (Å²) in [6.45, 7) is 3.44. The summed E-state index contributed by atoms with van der Waals surface area (Å²) in [7, 11) is 0.